The van der Waals surface area contributed by atoms with Crippen molar-refractivity contribution < 1.29 is 23.9 Å². The van der Waals surface area contributed by atoms with Crippen LogP contribution in [0.4, 0.5) is 0 Å². The second kappa shape index (κ2) is 15.0. The summed E-state index contributed by atoms with van der Waals surface area (Å²) < 4.78 is 23.0. The quantitative estimate of drug-likeness (QED) is 0.297. The maximum atomic E-state index is 12.4. The van der Waals surface area contributed by atoms with E-state index >= 15 is 0 Å². The standard InChI is InChI=1S/C16H18O5S.C12H10S/c17-9-11-20-13-1-5-15(6-2-13)22(19)16-7-3-14(4-8-16)21-12-10-18;1-3-7-11(8-4-1)13-12-9-5-2-6-10-12/h1-8,17-18H,9-12H2;1-10H. The first-order chi connectivity index (χ1) is 17.2. The third kappa shape index (κ3) is 9.22. The predicted octanol–water partition coefficient (Wildman–Crippen LogP) is 5.43. The second-order valence-electron chi connectivity index (χ2n) is 7.08. The smallest absolute Gasteiger partial charge is 0.119 e. The summed E-state index contributed by atoms with van der Waals surface area (Å²) in [5.74, 6) is 1.25. The fraction of sp³-hybridized carbons (Fsp3) is 0.143. The normalized spacial score (nSPS) is 10.4. The molecule has 0 spiro atoms. The van der Waals surface area contributed by atoms with Crippen LogP contribution in [-0.4, -0.2) is 40.8 Å². The van der Waals surface area contributed by atoms with Crippen molar-refractivity contribution in [2.45, 2.75) is 19.6 Å². The Labute approximate surface area is 212 Å². The SMILES string of the molecule is O=S(c1ccc(OCCO)cc1)c1ccc(OCCO)cc1.c1ccc(Sc2ccccc2)cc1. The van der Waals surface area contributed by atoms with Gasteiger partial charge in [0.2, 0.25) is 0 Å². The highest BCUT2D eigenvalue weighted by atomic mass is 32.2. The Morgan fingerprint density at radius 1 is 0.571 bits per heavy atom. The van der Waals surface area contributed by atoms with Crippen LogP contribution in [-0.2, 0) is 10.8 Å². The van der Waals surface area contributed by atoms with E-state index in [2.05, 4.69) is 48.5 Å². The number of aliphatic hydroxyl groups excluding tert-OH is 2. The van der Waals surface area contributed by atoms with E-state index in [1.54, 1.807) is 60.3 Å². The van der Waals surface area contributed by atoms with Gasteiger partial charge in [0.15, 0.2) is 0 Å². The maximum Gasteiger partial charge on any atom is 0.119 e. The number of hydrogen-bond donors (Lipinski definition) is 2. The van der Waals surface area contributed by atoms with Crippen LogP contribution in [0.1, 0.15) is 0 Å². The molecule has 0 saturated carbocycles. The molecular formula is C28H28O5S2. The second-order valence-corrected chi connectivity index (χ2v) is 9.71. The lowest BCUT2D eigenvalue weighted by Crippen LogP contribution is -2.02. The molecule has 0 unspecified atom stereocenters. The molecule has 4 aromatic carbocycles. The van der Waals surface area contributed by atoms with Crippen molar-refractivity contribution in [2.24, 2.45) is 0 Å². The number of ether oxygens (including phenoxy) is 2. The Kier molecular flexibility index (Phi) is 11.4. The molecule has 5 nitrogen and oxygen atoms in total. The van der Waals surface area contributed by atoms with Gasteiger partial charge >= 0.3 is 0 Å². The zero-order chi connectivity index (χ0) is 24.7. The fourth-order valence-corrected chi connectivity index (χ4v) is 4.79. The van der Waals surface area contributed by atoms with Crippen LogP contribution in [0.5, 0.6) is 11.5 Å². The molecule has 182 valence electrons. The molecule has 4 rings (SSSR count). The molecular weight excluding hydrogens is 480 g/mol. The Morgan fingerprint density at radius 3 is 1.29 bits per heavy atom. The molecule has 0 bridgehead atoms. The summed E-state index contributed by atoms with van der Waals surface area (Å²) in [4.78, 5) is 3.91. The lowest BCUT2D eigenvalue weighted by Gasteiger charge is -2.07. The van der Waals surface area contributed by atoms with Crippen LogP contribution < -0.4 is 9.47 Å². The highest BCUT2D eigenvalue weighted by Gasteiger charge is 2.08. The minimum absolute atomic E-state index is 0.0433. The van der Waals surface area contributed by atoms with E-state index in [1.807, 2.05) is 12.1 Å². The minimum Gasteiger partial charge on any atom is -0.491 e. The summed E-state index contributed by atoms with van der Waals surface area (Å²) in [5.41, 5.74) is 0. The zero-order valence-electron chi connectivity index (χ0n) is 19.2. The summed E-state index contributed by atoms with van der Waals surface area (Å²) in [7, 11) is -1.28. The van der Waals surface area contributed by atoms with Crippen LogP contribution in [0.25, 0.3) is 0 Å². The fourth-order valence-electron chi connectivity index (χ4n) is 2.90. The third-order valence-corrected chi connectivity index (χ3v) is 6.93. The number of rotatable bonds is 10. The topological polar surface area (TPSA) is 76.0 Å². The first-order valence-corrected chi connectivity index (χ1v) is 13.0. The van der Waals surface area contributed by atoms with E-state index in [1.165, 1.54) is 9.79 Å². The molecule has 0 radical (unpaired) electrons. The molecule has 0 saturated heterocycles. The van der Waals surface area contributed by atoms with E-state index < -0.39 is 10.8 Å². The number of aliphatic hydroxyl groups is 2. The average molecular weight is 509 g/mol. The van der Waals surface area contributed by atoms with Crippen LogP contribution >= 0.6 is 11.8 Å². The van der Waals surface area contributed by atoms with Crippen molar-refractivity contribution in [3.05, 3.63) is 109 Å². The van der Waals surface area contributed by atoms with Crippen LogP contribution in [0.15, 0.2) is 129 Å². The zero-order valence-corrected chi connectivity index (χ0v) is 20.8. The largest absolute Gasteiger partial charge is 0.491 e. The summed E-state index contributed by atoms with van der Waals surface area (Å²) in [6.07, 6.45) is 0. The summed E-state index contributed by atoms with van der Waals surface area (Å²) in [6, 6.07) is 34.6. The lowest BCUT2D eigenvalue weighted by atomic mass is 10.3. The van der Waals surface area contributed by atoms with Crippen molar-refractivity contribution >= 4 is 22.6 Å². The molecule has 7 heteroatoms. The van der Waals surface area contributed by atoms with E-state index in [0.717, 1.165) is 0 Å². The molecule has 35 heavy (non-hydrogen) atoms. The van der Waals surface area contributed by atoms with E-state index in [4.69, 9.17) is 19.7 Å². The van der Waals surface area contributed by atoms with Gasteiger partial charge in [-0.15, -0.1) is 0 Å². The number of hydrogen-bond acceptors (Lipinski definition) is 6. The van der Waals surface area contributed by atoms with Crippen molar-refractivity contribution in [1.82, 2.24) is 0 Å². The first kappa shape index (κ1) is 26.5. The van der Waals surface area contributed by atoms with E-state index in [-0.39, 0.29) is 26.4 Å². The predicted molar refractivity (Wildman–Crippen MR) is 140 cm³/mol. The molecule has 2 N–H and O–H groups in total. The van der Waals surface area contributed by atoms with Gasteiger partial charge in [0.25, 0.3) is 0 Å². The van der Waals surface area contributed by atoms with Gasteiger partial charge in [-0.1, -0.05) is 48.2 Å². The van der Waals surface area contributed by atoms with Crippen LogP contribution in [0.3, 0.4) is 0 Å². The lowest BCUT2D eigenvalue weighted by molar-refractivity contribution is 0.201. The highest BCUT2D eigenvalue weighted by Crippen LogP contribution is 2.26. The highest BCUT2D eigenvalue weighted by molar-refractivity contribution is 7.99. The molecule has 0 aliphatic rings. The average Bonchev–Trinajstić information content (AvgIpc) is 2.92. The third-order valence-electron chi connectivity index (χ3n) is 4.52. The van der Waals surface area contributed by atoms with Crippen molar-refractivity contribution in [3.63, 3.8) is 0 Å². The Balaban J connectivity index is 0.000000223. The van der Waals surface area contributed by atoms with Gasteiger partial charge in [-0.2, -0.15) is 0 Å². The van der Waals surface area contributed by atoms with Gasteiger partial charge in [0.05, 0.1) is 24.0 Å². The molecule has 0 heterocycles. The minimum atomic E-state index is -1.28. The van der Waals surface area contributed by atoms with Crippen molar-refractivity contribution in [2.75, 3.05) is 26.4 Å². The van der Waals surface area contributed by atoms with Gasteiger partial charge in [-0.05, 0) is 72.8 Å². The number of benzene rings is 4. The summed E-state index contributed by atoms with van der Waals surface area (Å²) in [5, 5.41) is 17.4. The van der Waals surface area contributed by atoms with Gasteiger partial charge in [0, 0.05) is 19.6 Å². The van der Waals surface area contributed by atoms with E-state index in [0.29, 0.717) is 21.3 Å². The Hall–Kier alpha value is -3.10. The van der Waals surface area contributed by atoms with E-state index in [9.17, 15) is 4.21 Å². The summed E-state index contributed by atoms with van der Waals surface area (Å²) >= 11 is 1.79. The molecule has 0 aliphatic carbocycles. The molecule has 0 amide bonds. The molecule has 0 aliphatic heterocycles. The Bertz CT molecular complexity index is 1040. The van der Waals surface area contributed by atoms with Gasteiger partial charge < -0.3 is 19.7 Å². The Morgan fingerprint density at radius 2 is 0.943 bits per heavy atom. The van der Waals surface area contributed by atoms with Gasteiger partial charge in [0.1, 0.15) is 24.7 Å². The molecule has 0 atom stereocenters. The first-order valence-electron chi connectivity index (χ1n) is 11.1. The maximum absolute atomic E-state index is 12.4. The van der Waals surface area contributed by atoms with Crippen LogP contribution in [0, 0.1) is 0 Å². The molecule has 0 fully saturated rings. The van der Waals surface area contributed by atoms with Gasteiger partial charge in [-0.3, -0.25) is 0 Å². The molecule has 4 aromatic rings. The van der Waals surface area contributed by atoms with Gasteiger partial charge in [-0.25, -0.2) is 4.21 Å². The van der Waals surface area contributed by atoms with Crippen molar-refractivity contribution in [1.29, 1.82) is 0 Å². The monoisotopic (exact) mass is 508 g/mol. The molecule has 0 aromatic heterocycles. The van der Waals surface area contributed by atoms with Crippen molar-refractivity contribution in [3.8, 4) is 11.5 Å². The van der Waals surface area contributed by atoms with Crippen LogP contribution in [0.2, 0.25) is 0 Å². The summed E-state index contributed by atoms with van der Waals surface area (Å²) in [6.45, 7) is 0.381.